The zero-order valence-corrected chi connectivity index (χ0v) is 39.4. The Labute approximate surface area is 399 Å². The molecule has 0 aromatic heterocycles. The van der Waals surface area contributed by atoms with E-state index in [-0.39, 0.29) is 50.7 Å². The molecule has 3 unspecified atom stereocenters. The highest BCUT2D eigenvalue weighted by Crippen LogP contribution is 2.42. The molecule has 66 heavy (non-hydrogen) atoms. The highest BCUT2D eigenvalue weighted by atomic mass is 35.5. The van der Waals surface area contributed by atoms with Crippen LogP contribution in [0.2, 0.25) is 0 Å². The van der Waals surface area contributed by atoms with Crippen molar-refractivity contribution in [3.63, 3.8) is 0 Å². The van der Waals surface area contributed by atoms with Gasteiger partial charge in [-0.2, -0.15) is 10.5 Å². The first-order valence-corrected chi connectivity index (χ1v) is 23.6. The molecule has 360 valence electrons. The predicted molar refractivity (Wildman–Crippen MR) is 262 cm³/mol. The summed E-state index contributed by atoms with van der Waals surface area (Å²) >= 11 is 0. The van der Waals surface area contributed by atoms with Gasteiger partial charge in [-0.05, 0) is 83.0 Å². The number of hydrogen-bond acceptors (Lipinski definition) is 11. The zero-order chi connectivity index (χ0) is 47.1. The van der Waals surface area contributed by atoms with Gasteiger partial charge in [-0.15, -0.1) is 12.4 Å². The Morgan fingerprint density at radius 1 is 0.424 bits per heavy atom. The second kappa shape index (κ2) is 28.9. The number of halogens is 1. The van der Waals surface area contributed by atoms with Gasteiger partial charge >= 0.3 is 0 Å². The highest BCUT2D eigenvalue weighted by molar-refractivity contribution is 5.85. The topological polar surface area (TPSA) is 241 Å². The van der Waals surface area contributed by atoms with Crippen LogP contribution < -0.4 is 11.5 Å². The summed E-state index contributed by atoms with van der Waals surface area (Å²) in [4.78, 5) is 0. The average molecular weight is 928 g/mol. The second-order valence-corrected chi connectivity index (χ2v) is 18.1. The minimum atomic E-state index is -0.881. The van der Waals surface area contributed by atoms with Crippen molar-refractivity contribution in [3.8, 4) is 12.1 Å². The monoisotopic (exact) mass is 927 g/mol. The van der Waals surface area contributed by atoms with Gasteiger partial charge in [0.2, 0.25) is 0 Å². The van der Waals surface area contributed by atoms with E-state index >= 15 is 0 Å². The number of nitrogens with zero attached hydrogens (tertiary/aromatic N) is 2. The molecule has 0 amide bonds. The summed E-state index contributed by atoms with van der Waals surface area (Å²) in [6, 6.07) is 34.5. The average Bonchev–Trinajstić information content (AvgIpc) is 3.34. The maximum absolute atomic E-state index is 10.8. The van der Waals surface area contributed by atoms with Crippen molar-refractivity contribution in [2.75, 3.05) is 13.1 Å². The minimum absolute atomic E-state index is 0. The molecule has 0 radical (unpaired) electrons. The molecule has 0 spiro atoms. The van der Waals surface area contributed by atoms with Gasteiger partial charge in [-0.25, -0.2) is 0 Å². The Morgan fingerprint density at radius 2 is 0.697 bits per heavy atom. The Bertz CT molecular complexity index is 1940. The van der Waals surface area contributed by atoms with E-state index in [4.69, 9.17) is 37.2 Å². The van der Waals surface area contributed by atoms with E-state index in [9.17, 15) is 20.6 Å². The van der Waals surface area contributed by atoms with Crippen molar-refractivity contribution >= 4 is 12.4 Å². The van der Waals surface area contributed by atoms with Crippen LogP contribution in [0.4, 0.5) is 0 Å². The molecular formula is C54H75ClN4O7. The second-order valence-electron chi connectivity index (χ2n) is 18.1. The van der Waals surface area contributed by atoms with E-state index in [2.05, 4.69) is 12.1 Å². The van der Waals surface area contributed by atoms with Crippen LogP contribution in [0.15, 0.2) is 97.1 Å². The van der Waals surface area contributed by atoms with E-state index in [1.54, 1.807) is 0 Å². The molecule has 0 heterocycles. The van der Waals surface area contributed by atoms with Crippen molar-refractivity contribution in [2.24, 2.45) is 11.5 Å². The van der Waals surface area contributed by atoms with E-state index in [0.29, 0.717) is 32.4 Å². The molecule has 11 N–H and O–H groups in total. The van der Waals surface area contributed by atoms with Crippen LogP contribution in [0.5, 0.6) is 0 Å². The molecule has 12 heteroatoms. The summed E-state index contributed by atoms with van der Waals surface area (Å²) in [5.41, 5.74) is 17.1. The largest absolute Gasteiger partial charge is 0.392 e. The Morgan fingerprint density at radius 3 is 0.970 bits per heavy atom. The number of hydrogen-bond donors (Lipinski definition) is 9. The van der Waals surface area contributed by atoms with Crippen LogP contribution in [-0.2, 0) is 32.8 Å². The third-order valence-corrected chi connectivity index (χ3v) is 13.7. The third-order valence-electron chi connectivity index (χ3n) is 13.7. The number of nitriles is 2. The summed E-state index contributed by atoms with van der Waals surface area (Å²) in [6.07, 6.45) is 15.1. The standard InChI is InChI=1S/2C15H23NO2.C15H19NO2.C9H9NO.ClH/c3*16-10-14(15(18)8-2-1-3-9-15)13-6-4-12(11-17)5-7-13;10-6-5-8-1-3-9(7-11)4-2-8;/h2*4-7,14,17-18H,1-3,8-11,16H2;4-7,14,17-18H,1-3,8-9,11H2;1-4,11H,5,7H2;1H. The van der Waals surface area contributed by atoms with E-state index in [1.165, 1.54) is 12.8 Å². The number of rotatable bonds is 13. The fourth-order valence-corrected chi connectivity index (χ4v) is 9.69. The summed E-state index contributed by atoms with van der Waals surface area (Å²) in [5, 5.41) is 85.7. The molecule has 0 aliphatic heterocycles. The lowest BCUT2D eigenvalue weighted by atomic mass is 9.73. The molecular weight excluding hydrogens is 852 g/mol. The molecule has 4 aromatic rings. The Kier molecular flexibility index (Phi) is 24.5. The van der Waals surface area contributed by atoms with Crippen molar-refractivity contribution in [3.05, 3.63) is 142 Å². The van der Waals surface area contributed by atoms with Crippen LogP contribution in [0, 0.1) is 22.7 Å². The Hall–Kier alpha value is -4.21. The number of aliphatic hydroxyl groups is 7. The lowest BCUT2D eigenvalue weighted by molar-refractivity contribution is -0.0197. The summed E-state index contributed by atoms with van der Waals surface area (Å²) in [5.74, 6) is -0.457. The van der Waals surface area contributed by atoms with Crippen LogP contribution in [-0.4, -0.2) is 65.6 Å². The molecule has 3 fully saturated rings. The molecule has 3 aliphatic rings. The lowest BCUT2D eigenvalue weighted by Gasteiger charge is -2.39. The van der Waals surface area contributed by atoms with E-state index in [1.807, 2.05) is 97.1 Å². The van der Waals surface area contributed by atoms with Gasteiger partial charge in [0.05, 0.1) is 67.7 Å². The van der Waals surface area contributed by atoms with Crippen molar-refractivity contribution in [1.82, 2.24) is 0 Å². The molecule has 7 rings (SSSR count). The summed E-state index contributed by atoms with van der Waals surface area (Å²) < 4.78 is 0. The molecule has 4 aromatic carbocycles. The predicted octanol–water partition coefficient (Wildman–Crippen LogP) is 7.98. The van der Waals surface area contributed by atoms with Crippen LogP contribution in [0.3, 0.4) is 0 Å². The van der Waals surface area contributed by atoms with Gasteiger partial charge in [-0.1, -0.05) is 155 Å². The van der Waals surface area contributed by atoms with Crippen molar-refractivity contribution < 1.29 is 35.7 Å². The SMILES string of the molecule is Cl.N#CC(c1ccc(CO)cc1)C1(O)CCCCC1.N#CCc1ccc(CO)cc1.NCC(c1ccc(CO)cc1)C1(O)CCCCC1.NCC(c1ccc(CO)cc1)C1(O)CCCCC1. The quantitative estimate of drug-likeness (QED) is 0.0623. The summed E-state index contributed by atoms with van der Waals surface area (Å²) in [7, 11) is 0. The molecule has 0 saturated heterocycles. The first-order chi connectivity index (χ1) is 31.4. The zero-order valence-electron chi connectivity index (χ0n) is 38.6. The van der Waals surface area contributed by atoms with Crippen molar-refractivity contribution in [1.29, 1.82) is 10.5 Å². The van der Waals surface area contributed by atoms with E-state index < -0.39 is 22.7 Å². The smallest absolute Gasteiger partial charge is 0.0999 e. The minimum Gasteiger partial charge on any atom is -0.392 e. The molecule has 3 aliphatic carbocycles. The van der Waals surface area contributed by atoms with Gasteiger partial charge < -0.3 is 47.2 Å². The van der Waals surface area contributed by atoms with Gasteiger partial charge in [0.25, 0.3) is 0 Å². The Balaban J connectivity index is 0.000000236. The van der Waals surface area contributed by atoms with Crippen molar-refractivity contribution in [2.45, 2.75) is 164 Å². The maximum atomic E-state index is 10.8. The van der Waals surface area contributed by atoms with Crippen LogP contribution >= 0.6 is 12.4 Å². The number of nitrogens with two attached hydrogens (primary N) is 2. The molecule has 11 nitrogen and oxygen atoms in total. The summed E-state index contributed by atoms with van der Waals surface area (Å²) in [6.45, 7) is 1.11. The van der Waals surface area contributed by atoms with Crippen LogP contribution in [0.25, 0.3) is 0 Å². The first-order valence-electron chi connectivity index (χ1n) is 23.6. The van der Waals surface area contributed by atoms with Gasteiger partial charge in [-0.3, -0.25) is 0 Å². The van der Waals surface area contributed by atoms with Gasteiger partial charge in [0, 0.05) is 24.9 Å². The van der Waals surface area contributed by atoms with Gasteiger partial charge in [0.1, 0.15) is 0 Å². The van der Waals surface area contributed by atoms with Crippen LogP contribution in [0.1, 0.15) is 159 Å². The van der Waals surface area contributed by atoms with E-state index in [0.717, 1.165) is 115 Å². The highest BCUT2D eigenvalue weighted by Gasteiger charge is 2.40. The normalized spacial score (nSPS) is 18.2. The number of aliphatic hydroxyl groups excluding tert-OH is 4. The number of benzene rings is 4. The maximum Gasteiger partial charge on any atom is 0.0999 e. The van der Waals surface area contributed by atoms with Gasteiger partial charge in [0.15, 0.2) is 0 Å². The lowest BCUT2D eigenvalue weighted by Crippen LogP contribution is -2.41. The molecule has 3 atom stereocenters. The molecule has 3 saturated carbocycles. The third kappa shape index (κ3) is 16.2. The fourth-order valence-electron chi connectivity index (χ4n) is 9.69. The first kappa shape index (κ1) is 56.1. The fraction of sp³-hybridized carbons (Fsp3) is 0.519. The molecule has 0 bridgehead atoms.